The van der Waals surface area contributed by atoms with E-state index in [1.165, 1.54) is 51.6 Å². The zero-order chi connectivity index (χ0) is 16.2. The van der Waals surface area contributed by atoms with Gasteiger partial charge in [-0.1, -0.05) is 27.2 Å². The summed E-state index contributed by atoms with van der Waals surface area (Å²) >= 11 is 0. The van der Waals surface area contributed by atoms with E-state index >= 15 is 0 Å². The molecule has 2 fully saturated rings. The fourth-order valence-corrected chi connectivity index (χ4v) is 4.56. The molecule has 2 rings (SSSR count). The molecule has 4 atom stereocenters. The number of aliphatic hydroxyl groups is 1. The van der Waals surface area contributed by atoms with Crippen molar-refractivity contribution in [1.29, 1.82) is 0 Å². The van der Waals surface area contributed by atoms with Gasteiger partial charge in [-0.15, -0.1) is 0 Å². The molecule has 0 bridgehead atoms. The first-order chi connectivity index (χ1) is 10.4. The second kappa shape index (κ2) is 9.93. The van der Waals surface area contributed by atoms with Gasteiger partial charge in [-0.2, -0.15) is 0 Å². The summed E-state index contributed by atoms with van der Waals surface area (Å²) in [4.78, 5) is 0. The number of hydrogen-bond donors (Lipinski definition) is 1. The Hall–Kier alpha value is 0.610. The quantitative estimate of drug-likeness (QED) is 0.482. The number of quaternary nitrogens is 1. The van der Waals surface area contributed by atoms with Crippen LogP contribution < -0.4 is 24.0 Å². The van der Waals surface area contributed by atoms with Crippen LogP contribution in [0.3, 0.4) is 0 Å². The third-order valence-corrected chi connectivity index (χ3v) is 6.01. The molecule has 1 aliphatic carbocycles. The maximum atomic E-state index is 10.4. The lowest BCUT2D eigenvalue weighted by Crippen LogP contribution is -3.00. The molecule has 23 heavy (non-hydrogen) atoms. The van der Waals surface area contributed by atoms with E-state index in [9.17, 15) is 5.11 Å². The number of rotatable bonds is 6. The van der Waals surface area contributed by atoms with Crippen molar-refractivity contribution < 1.29 is 38.3 Å². The Morgan fingerprint density at radius 2 is 1.78 bits per heavy atom. The van der Waals surface area contributed by atoms with Crippen molar-refractivity contribution in [1.82, 2.24) is 0 Å². The van der Waals surface area contributed by atoms with Crippen LogP contribution in [0.25, 0.3) is 0 Å². The van der Waals surface area contributed by atoms with E-state index < -0.39 is 0 Å². The summed E-state index contributed by atoms with van der Waals surface area (Å²) in [6.45, 7) is 10.8. The molecular formula is C19H38INO2. The van der Waals surface area contributed by atoms with Crippen molar-refractivity contribution in [2.75, 3.05) is 33.3 Å². The number of piperidine rings is 1. The minimum atomic E-state index is -0.312. The summed E-state index contributed by atoms with van der Waals surface area (Å²) in [7, 11) is 2.29. The second-order valence-electron chi connectivity index (χ2n) is 8.66. The van der Waals surface area contributed by atoms with Gasteiger partial charge in [0.2, 0.25) is 0 Å². The van der Waals surface area contributed by atoms with Crippen LogP contribution in [-0.2, 0) is 4.74 Å². The third-order valence-electron chi connectivity index (χ3n) is 6.01. The first-order valence-electron chi connectivity index (χ1n) is 9.53. The minimum Gasteiger partial charge on any atom is -1.00 e. The largest absolute Gasteiger partial charge is 1.00 e. The predicted octanol–water partition coefficient (Wildman–Crippen LogP) is 0.459. The van der Waals surface area contributed by atoms with Crippen molar-refractivity contribution in [2.24, 2.45) is 17.8 Å². The molecular weight excluding hydrogens is 401 g/mol. The molecule has 4 heteroatoms. The maximum absolute atomic E-state index is 10.4. The summed E-state index contributed by atoms with van der Waals surface area (Å²) < 4.78 is 7.24. The average Bonchev–Trinajstić information content (AvgIpc) is 2.45. The van der Waals surface area contributed by atoms with Gasteiger partial charge in [0.25, 0.3) is 0 Å². The van der Waals surface area contributed by atoms with Gasteiger partial charge < -0.3 is 38.3 Å². The van der Waals surface area contributed by atoms with Gasteiger partial charge in [0.15, 0.2) is 0 Å². The van der Waals surface area contributed by atoms with Crippen molar-refractivity contribution in [3.8, 4) is 0 Å². The van der Waals surface area contributed by atoms with Crippen LogP contribution in [0.4, 0.5) is 0 Å². The van der Waals surface area contributed by atoms with E-state index in [1.807, 2.05) is 0 Å². The van der Waals surface area contributed by atoms with E-state index in [2.05, 4.69) is 27.8 Å². The molecule has 3 nitrogen and oxygen atoms in total. The lowest BCUT2D eigenvalue weighted by molar-refractivity contribution is -0.916. The highest BCUT2D eigenvalue weighted by Crippen LogP contribution is 2.35. The lowest BCUT2D eigenvalue weighted by Gasteiger charge is -2.40. The Balaban J connectivity index is 0.00000264. The molecule has 1 N–H and O–H groups in total. The monoisotopic (exact) mass is 439 g/mol. The summed E-state index contributed by atoms with van der Waals surface area (Å²) in [5.74, 6) is 2.12. The van der Waals surface area contributed by atoms with Crippen molar-refractivity contribution in [2.45, 2.75) is 71.5 Å². The summed E-state index contributed by atoms with van der Waals surface area (Å²) in [6, 6.07) is 0. The highest BCUT2D eigenvalue weighted by atomic mass is 127. The van der Waals surface area contributed by atoms with E-state index in [-0.39, 0.29) is 30.1 Å². The maximum Gasteiger partial charge on any atom is 0.126 e. The number of hydrogen-bond acceptors (Lipinski definition) is 2. The Morgan fingerprint density at radius 3 is 2.39 bits per heavy atom. The van der Waals surface area contributed by atoms with Crippen LogP contribution in [-0.4, -0.2) is 55.1 Å². The van der Waals surface area contributed by atoms with E-state index in [0.29, 0.717) is 24.5 Å². The molecule has 0 aromatic rings. The Bertz CT molecular complexity index is 331. The van der Waals surface area contributed by atoms with Crippen molar-refractivity contribution in [3.05, 3.63) is 0 Å². The van der Waals surface area contributed by atoms with Crippen LogP contribution in [0.15, 0.2) is 0 Å². The van der Waals surface area contributed by atoms with Gasteiger partial charge in [0, 0.05) is 0 Å². The molecule has 1 heterocycles. The Kier molecular flexibility index (Phi) is 9.35. The molecule has 0 spiro atoms. The lowest BCUT2D eigenvalue weighted by atomic mass is 9.75. The van der Waals surface area contributed by atoms with E-state index in [4.69, 9.17) is 4.74 Å². The highest BCUT2D eigenvalue weighted by molar-refractivity contribution is 4.81. The molecule has 0 aromatic heterocycles. The molecule has 0 radical (unpaired) electrons. The zero-order valence-corrected chi connectivity index (χ0v) is 17.8. The minimum absolute atomic E-state index is 0. The first-order valence-corrected chi connectivity index (χ1v) is 9.53. The van der Waals surface area contributed by atoms with Crippen LogP contribution in [0.1, 0.15) is 59.3 Å². The average molecular weight is 439 g/mol. The van der Waals surface area contributed by atoms with Crippen molar-refractivity contribution >= 4 is 0 Å². The van der Waals surface area contributed by atoms with Gasteiger partial charge in [-0.3, -0.25) is 0 Å². The number of aliphatic hydroxyl groups excluding tert-OH is 1. The molecule has 1 aliphatic heterocycles. The van der Waals surface area contributed by atoms with Crippen LogP contribution >= 0.6 is 0 Å². The first kappa shape index (κ1) is 21.7. The molecule has 0 aromatic carbocycles. The fourth-order valence-electron chi connectivity index (χ4n) is 4.56. The van der Waals surface area contributed by atoms with Gasteiger partial charge in [0.1, 0.15) is 12.6 Å². The van der Waals surface area contributed by atoms with Gasteiger partial charge >= 0.3 is 0 Å². The number of likely N-dealkylation sites (N-methyl/N-ethyl adjacent to an activating group) is 1. The molecule has 2 aliphatic rings. The number of halogens is 1. The fraction of sp³-hybridized carbons (Fsp3) is 1.00. The van der Waals surface area contributed by atoms with Gasteiger partial charge in [-0.25, -0.2) is 0 Å². The van der Waals surface area contributed by atoms with Crippen LogP contribution in [0.2, 0.25) is 0 Å². The highest BCUT2D eigenvalue weighted by Gasteiger charge is 2.33. The van der Waals surface area contributed by atoms with Gasteiger partial charge in [0.05, 0.1) is 32.8 Å². The van der Waals surface area contributed by atoms with Crippen molar-refractivity contribution in [3.63, 3.8) is 0 Å². The summed E-state index contributed by atoms with van der Waals surface area (Å²) in [5.41, 5.74) is 0. The Morgan fingerprint density at radius 1 is 1.13 bits per heavy atom. The predicted molar refractivity (Wildman–Crippen MR) is 91.7 cm³/mol. The third kappa shape index (κ3) is 6.79. The molecule has 138 valence electrons. The number of ether oxygens (including phenoxy) is 1. The van der Waals surface area contributed by atoms with Gasteiger partial charge in [-0.05, 0) is 49.9 Å². The number of likely N-dealkylation sites (tertiary alicyclic amines) is 1. The Labute approximate surface area is 160 Å². The molecule has 4 unspecified atom stereocenters. The van der Waals surface area contributed by atoms with E-state index in [0.717, 1.165) is 16.9 Å². The summed E-state index contributed by atoms with van der Waals surface area (Å²) in [5, 5.41) is 10.4. The number of nitrogens with zero attached hydrogens (tertiary/aromatic N) is 1. The SMILES string of the molecule is CC1CCC(C(C)C)C(OCC(O)C[N+]2(C)CCCCC2)C1.[I-]. The second-order valence-corrected chi connectivity index (χ2v) is 8.66. The normalized spacial score (nSPS) is 32.3. The smallest absolute Gasteiger partial charge is 0.126 e. The molecule has 0 amide bonds. The summed E-state index contributed by atoms with van der Waals surface area (Å²) in [6.07, 6.45) is 7.79. The standard InChI is InChI=1S/C19H38NO2.HI/c1-15(2)18-9-8-16(3)12-19(18)22-14-17(21)13-20(4)10-6-5-7-11-20;/h15-19,21H,5-14H2,1-4H3;1H/q+1;/p-1. The topological polar surface area (TPSA) is 29.5 Å². The van der Waals surface area contributed by atoms with E-state index in [1.54, 1.807) is 0 Å². The molecule has 1 saturated carbocycles. The van der Waals surface area contributed by atoms with Crippen LogP contribution in [0.5, 0.6) is 0 Å². The zero-order valence-electron chi connectivity index (χ0n) is 15.6. The molecule has 1 saturated heterocycles. The van der Waals surface area contributed by atoms with Crippen LogP contribution in [0, 0.1) is 17.8 Å².